The van der Waals surface area contributed by atoms with Gasteiger partial charge in [0, 0.05) is 36.8 Å². The molecule has 0 bridgehead atoms. The lowest BCUT2D eigenvalue weighted by Gasteiger charge is -2.34. The van der Waals surface area contributed by atoms with Gasteiger partial charge in [0.05, 0.1) is 12.1 Å². The maximum absolute atomic E-state index is 12.3. The minimum atomic E-state index is -0.260. The first-order valence-corrected chi connectivity index (χ1v) is 10.8. The van der Waals surface area contributed by atoms with Gasteiger partial charge in [0.15, 0.2) is 11.5 Å². The molecule has 1 amide bonds. The van der Waals surface area contributed by atoms with Crippen LogP contribution in [0.1, 0.15) is 41.9 Å². The molecule has 1 aliphatic heterocycles. The molecule has 0 aliphatic carbocycles. The SMILES string of the molecule is O=C(NCCCN1CCCC[C@H]1CO)c1cc(COc2ccc3ncccc3c2)on1. The maximum atomic E-state index is 12.3. The van der Waals surface area contributed by atoms with Crippen LogP contribution in [0.4, 0.5) is 0 Å². The lowest BCUT2D eigenvalue weighted by molar-refractivity contribution is 0.0865. The Morgan fingerprint density at radius 3 is 3.13 bits per heavy atom. The Balaban J connectivity index is 1.21. The van der Waals surface area contributed by atoms with E-state index in [0.717, 1.165) is 36.8 Å². The number of carbonyl (C=O) groups excluding carboxylic acids is 1. The number of aliphatic hydroxyl groups is 1. The number of hydrogen-bond acceptors (Lipinski definition) is 7. The Morgan fingerprint density at radius 1 is 1.29 bits per heavy atom. The molecule has 1 saturated heterocycles. The molecular formula is C23H28N4O4. The van der Waals surface area contributed by atoms with Gasteiger partial charge in [-0.1, -0.05) is 17.6 Å². The van der Waals surface area contributed by atoms with Crippen molar-refractivity contribution < 1.29 is 19.2 Å². The second-order valence-electron chi connectivity index (χ2n) is 7.80. The number of nitrogens with zero attached hydrogens (tertiary/aromatic N) is 3. The van der Waals surface area contributed by atoms with Gasteiger partial charge >= 0.3 is 0 Å². The summed E-state index contributed by atoms with van der Waals surface area (Å²) in [4.78, 5) is 18.9. The monoisotopic (exact) mass is 424 g/mol. The van der Waals surface area contributed by atoms with E-state index in [-0.39, 0.29) is 30.9 Å². The van der Waals surface area contributed by atoms with E-state index < -0.39 is 0 Å². The first kappa shape index (κ1) is 21.3. The van der Waals surface area contributed by atoms with Gasteiger partial charge in [-0.15, -0.1) is 0 Å². The molecule has 0 radical (unpaired) electrons. The highest BCUT2D eigenvalue weighted by atomic mass is 16.5. The minimum Gasteiger partial charge on any atom is -0.486 e. The molecule has 3 heterocycles. The zero-order valence-corrected chi connectivity index (χ0v) is 17.5. The third kappa shape index (κ3) is 5.59. The third-order valence-corrected chi connectivity index (χ3v) is 5.61. The summed E-state index contributed by atoms with van der Waals surface area (Å²) in [7, 11) is 0. The van der Waals surface area contributed by atoms with E-state index in [1.54, 1.807) is 12.3 Å². The van der Waals surface area contributed by atoms with Gasteiger partial charge in [0.1, 0.15) is 12.4 Å². The summed E-state index contributed by atoms with van der Waals surface area (Å²) >= 11 is 0. The second-order valence-corrected chi connectivity index (χ2v) is 7.80. The summed E-state index contributed by atoms with van der Waals surface area (Å²) < 4.78 is 11.0. The first-order chi connectivity index (χ1) is 15.2. The van der Waals surface area contributed by atoms with Gasteiger partial charge in [0.2, 0.25) is 0 Å². The number of likely N-dealkylation sites (tertiary alicyclic amines) is 1. The van der Waals surface area contributed by atoms with Crippen LogP contribution in [0.15, 0.2) is 47.1 Å². The number of fused-ring (bicyclic) bond motifs is 1. The number of carbonyl (C=O) groups is 1. The molecule has 31 heavy (non-hydrogen) atoms. The molecule has 1 aromatic carbocycles. The van der Waals surface area contributed by atoms with Gasteiger partial charge in [-0.2, -0.15) is 0 Å². The molecule has 0 unspecified atom stereocenters. The minimum absolute atomic E-state index is 0.184. The highest BCUT2D eigenvalue weighted by Gasteiger charge is 2.21. The molecule has 3 aromatic rings. The smallest absolute Gasteiger partial charge is 0.273 e. The van der Waals surface area contributed by atoms with Gasteiger partial charge < -0.3 is 19.7 Å². The summed E-state index contributed by atoms with van der Waals surface area (Å²) in [5.41, 5.74) is 1.15. The summed E-state index contributed by atoms with van der Waals surface area (Å²) in [5.74, 6) is 0.918. The number of rotatable bonds is 9. The lowest BCUT2D eigenvalue weighted by Crippen LogP contribution is -2.43. The number of aromatic nitrogens is 2. The first-order valence-electron chi connectivity index (χ1n) is 10.8. The van der Waals surface area contributed by atoms with Crippen LogP contribution in [0.3, 0.4) is 0 Å². The molecule has 164 valence electrons. The van der Waals surface area contributed by atoms with E-state index in [1.165, 1.54) is 12.8 Å². The summed E-state index contributed by atoms with van der Waals surface area (Å²) in [6.45, 7) is 2.82. The van der Waals surface area contributed by atoms with Gasteiger partial charge in [-0.25, -0.2) is 0 Å². The van der Waals surface area contributed by atoms with E-state index >= 15 is 0 Å². The largest absolute Gasteiger partial charge is 0.486 e. The normalized spacial score (nSPS) is 17.0. The Morgan fingerprint density at radius 2 is 2.23 bits per heavy atom. The van der Waals surface area contributed by atoms with Crippen molar-refractivity contribution in [2.75, 3.05) is 26.2 Å². The maximum Gasteiger partial charge on any atom is 0.273 e. The molecular weight excluding hydrogens is 396 g/mol. The quantitative estimate of drug-likeness (QED) is 0.510. The second kappa shape index (κ2) is 10.4. The third-order valence-electron chi connectivity index (χ3n) is 5.61. The van der Waals surface area contributed by atoms with Gasteiger partial charge in [-0.05, 0) is 50.1 Å². The van der Waals surface area contributed by atoms with E-state index in [2.05, 4.69) is 20.4 Å². The fourth-order valence-electron chi connectivity index (χ4n) is 3.92. The topological polar surface area (TPSA) is 101 Å². The predicted molar refractivity (Wildman–Crippen MR) is 116 cm³/mol. The zero-order chi connectivity index (χ0) is 21.5. The summed E-state index contributed by atoms with van der Waals surface area (Å²) in [6, 6.07) is 11.4. The highest BCUT2D eigenvalue weighted by Crippen LogP contribution is 2.20. The van der Waals surface area contributed by atoms with Gasteiger partial charge in [-0.3, -0.25) is 14.7 Å². The Hall–Kier alpha value is -2.97. The molecule has 1 fully saturated rings. The van der Waals surface area contributed by atoms with Crippen molar-refractivity contribution in [1.29, 1.82) is 0 Å². The number of ether oxygens (including phenoxy) is 1. The summed E-state index contributed by atoms with van der Waals surface area (Å²) in [6.07, 6.45) is 5.97. The van der Waals surface area contributed by atoms with Crippen LogP contribution in [-0.2, 0) is 6.61 Å². The molecule has 8 heteroatoms. The van der Waals surface area contributed by atoms with Crippen molar-refractivity contribution in [3.63, 3.8) is 0 Å². The van der Waals surface area contributed by atoms with Crippen molar-refractivity contribution in [3.8, 4) is 5.75 Å². The number of hydrogen-bond donors (Lipinski definition) is 2. The Labute approximate surface area is 181 Å². The average molecular weight is 425 g/mol. The van der Waals surface area contributed by atoms with Crippen molar-refractivity contribution in [2.24, 2.45) is 0 Å². The number of amides is 1. The molecule has 2 aromatic heterocycles. The molecule has 2 N–H and O–H groups in total. The predicted octanol–water partition coefficient (Wildman–Crippen LogP) is 2.77. The zero-order valence-electron chi connectivity index (χ0n) is 17.5. The van der Waals surface area contributed by atoms with E-state index in [4.69, 9.17) is 9.26 Å². The number of aliphatic hydroxyl groups excluding tert-OH is 1. The summed E-state index contributed by atoms with van der Waals surface area (Å²) in [5, 5.41) is 17.2. The highest BCUT2D eigenvalue weighted by molar-refractivity contribution is 5.92. The fourth-order valence-corrected chi connectivity index (χ4v) is 3.92. The van der Waals surface area contributed by atoms with Crippen molar-refractivity contribution >= 4 is 16.8 Å². The van der Waals surface area contributed by atoms with Crippen LogP contribution in [0, 0.1) is 0 Å². The molecule has 0 saturated carbocycles. The number of benzene rings is 1. The van der Waals surface area contributed by atoms with E-state index in [9.17, 15) is 9.90 Å². The standard InChI is InChI=1S/C23H28N4O4/c28-15-18-6-1-2-11-27(18)12-4-10-25-23(29)22-14-20(31-26-22)16-30-19-7-8-21-17(13-19)5-3-9-24-21/h3,5,7-9,13-14,18,28H,1-2,4,6,10-12,15-16H2,(H,25,29)/t18-/m0/s1. The molecule has 8 nitrogen and oxygen atoms in total. The Kier molecular flexibility index (Phi) is 7.11. The van der Waals surface area contributed by atoms with Crippen LogP contribution in [-0.4, -0.2) is 58.3 Å². The van der Waals surface area contributed by atoms with Crippen LogP contribution >= 0.6 is 0 Å². The number of pyridine rings is 1. The van der Waals surface area contributed by atoms with E-state index in [0.29, 0.717) is 18.1 Å². The molecule has 0 spiro atoms. The van der Waals surface area contributed by atoms with Crippen LogP contribution in [0.5, 0.6) is 5.75 Å². The fraction of sp³-hybridized carbons (Fsp3) is 0.435. The van der Waals surface area contributed by atoms with Gasteiger partial charge in [0.25, 0.3) is 5.91 Å². The van der Waals surface area contributed by atoms with Crippen molar-refractivity contribution in [1.82, 2.24) is 20.4 Å². The average Bonchev–Trinajstić information content (AvgIpc) is 3.30. The lowest BCUT2D eigenvalue weighted by atomic mass is 10.0. The van der Waals surface area contributed by atoms with Crippen molar-refractivity contribution in [3.05, 3.63) is 54.0 Å². The van der Waals surface area contributed by atoms with Crippen LogP contribution in [0.25, 0.3) is 10.9 Å². The van der Waals surface area contributed by atoms with Crippen LogP contribution in [0.2, 0.25) is 0 Å². The molecule has 1 aliphatic rings. The van der Waals surface area contributed by atoms with E-state index in [1.807, 2.05) is 30.3 Å². The number of nitrogens with one attached hydrogen (secondary N) is 1. The van der Waals surface area contributed by atoms with Crippen LogP contribution < -0.4 is 10.1 Å². The van der Waals surface area contributed by atoms with Crippen molar-refractivity contribution in [2.45, 2.75) is 38.3 Å². The molecule has 1 atom stereocenters. The number of piperidine rings is 1. The molecule has 4 rings (SSSR count). The Bertz CT molecular complexity index is 1010.